The van der Waals surface area contributed by atoms with Gasteiger partial charge in [-0.3, -0.25) is 9.59 Å². The van der Waals surface area contributed by atoms with Crippen molar-refractivity contribution in [2.45, 2.75) is 19.4 Å². The number of benzene rings is 3. The Morgan fingerprint density at radius 3 is 2.54 bits per heavy atom. The van der Waals surface area contributed by atoms with E-state index in [9.17, 15) is 9.59 Å². The average Bonchev–Trinajstić information content (AvgIpc) is 2.75. The van der Waals surface area contributed by atoms with Crippen molar-refractivity contribution in [2.75, 3.05) is 13.2 Å². The summed E-state index contributed by atoms with van der Waals surface area (Å²) in [5.41, 5.74) is 1.45. The summed E-state index contributed by atoms with van der Waals surface area (Å²) in [5, 5.41) is 2.16. The Labute approximate surface area is 162 Å². The van der Waals surface area contributed by atoms with Gasteiger partial charge in [0.2, 0.25) is 0 Å². The highest BCUT2D eigenvalue weighted by atomic mass is 16.6. The molecule has 0 fully saturated rings. The first-order valence-electron chi connectivity index (χ1n) is 9.26. The number of ether oxygens (including phenoxy) is 3. The minimum Gasteiger partial charge on any atom is -0.486 e. The fourth-order valence-electron chi connectivity index (χ4n) is 3.23. The van der Waals surface area contributed by atoms with Gasteiger partial charge in [0.15, 0.2) is 17.3 Å². The van der Waals surface area contributed by atoms with Crippen LogP contribution in [0.4, 0.5) is 0 Å². The van der Waals surface area contributed by atoms with Crippen LogP contribution >= 0.6 is 0 Å². The van der Waals surface area contributed by atoms with Gasteiger partial charge in [-0.2, -0.15) is 0 Å². The Morgan fingerprint density at radius 2 is 1.64 bits per heavy atom. The third-order valence-electron chi connectivity index (χ3n) is 4.69. The van der Waals surface area contributed by atoms with Gasteiger partial charge >= 0.3 is 5.97 Å². The molecular weight excluding hydrogens is 356 g/mol. The van der Waals surface area contributed by atoms with Gasteiger partial charge in [-0.15, -0.1) is 0 Å². The molecule has 0 saturated carbocycles. The van der Waals surface area contributed by atoms with Crippen molar-refractivity contribution in [3.05, 3.63) is 71.8 Å². The maximum Gasteiger partial charge on any atom is 0.306 e. The molecular formula is C23H20O5. The first kappa shape index (κ1) is 18.0. The van der Waals surface area contributed by atoms with Crippen molar-refractivity contribution in [1.29, 1.82) is 0 Å². The molecule has 0 amide bonds. The highest BCUT2D eigenvalue weighted by molar-refractivity contribution is 5.98. The summed E-state index contributed by atoms with van der Waals surface area (Å²) in [6.07, 6.45) is 0.131. The number of fused-ring (bicyclic) bond motifs is 2. The molecule has 28 heavy (non-hydrogen) atoms. The fourth-order valence-corrected chi connectivity index (χ4v) is 3.23. The standard InChI is InChI=1S/C23H20O5/c24-20(17-8-10-21-22(14-17)27-13-12-26-21)9-11-23(25)28-15-18-6-3-5-16-4-1-2-7-19(16)18/h1-8,10,14H,9,11-13,15H2. The topological polar surface area (TPSA) is 61.8 Å². The smallest absolute Gasteiger partial charge is 0.306 e. The Bertz CT molecular complexity index is 1020. The summed E-state index contributed by atoms with van der Waals surface area (Å²) in [6.45, 7) is 1.16. The molecule has 5 heteroatoms. The van der Waals surface area contributed by atoms with Crippen LogP contribution in [0, 0.1) is 0 Å². The van der Waals surface area contributed by atoms with E-state index in [-0.39, 0.29) is 31.2 Å². The normalized spacial score (nSPS) is 12.6. The second-order valence-electron chi connectivity index (χ2n) is 6.58. The van der Waals surface area contributed by atoms with Crippen molar-refractivity contribution in [3.8, 4) is 11.5 Å². The van der Waals surface area contributed by atoms with E-state index in [1.165, 1.54) is 0 Å². The van der Waals surface area contributed by atoms with Crippen LogP contribution in [0.25, 0.3) is 10.8 Å². The highest BCUT2D eigenvalue weighted by Gasteiger charge is 2.16. The molecule has 1 aliphatic heterocycles. The lowest BCUT2D eigenvalue weighted by Gasteiger charge is -2.18. The number of hydrogen-bond donors (Lipinski definition) is 0. The predicted octanol–water partition coefficient (Wildman–Crippen LogP) is 4.32. The molecule has 0 saturated heterocycles. The van der Waals surface area contributed by atoms with E-state index in [0.717, 1.165) is 16.3 Å². The molecule has 0 atom stereocenters. The minimum atomic E-state index is -0.390. The molecule has 0 unspecified atom stereocenters. The molecule has 5 nitrogen and oxygen atoms in total. The Balaban J connectivity index is 1.32. The van der Waals surface area contributed by atoms with Crippen molar-refractivity contribution < 1.29 is 23.8 Å². The van der Waals surface area contributed by atoms with E-state index in [2.05, 4.69) is 0 Å². The van der Waals surface area contributed by atoms with Crippen LogP contribution in [0.1, 0.15) is 28.8 Å². The molecule has 1 heterocycles. The summed E-state index contributed by atoms with van der Waals surface area (Å²) in [6, 6.07) is 18.9. The van der Waals surface area contributed by atoms with Crippen molar-refractivity contribution in [3.63, 3.8) is 0 Å². The lowest BCUT2D eigenvalue weighted by Crippen LogP contribution is -2.16. The second-order valence-corrected chi connectivity index (χ2v) is 6.58. The van der Waals surface area contributed by atoms with Crippen LogP contribution in [0.2, 0.25) is 0 Å². The molecule has 0 bridgehead atoms. The lowest BCUT2D eigenvalue weighted by atomic mass is 10.1. The second kappa shape index (κ2) is 8.13. The zero-order chi connectivity index (χ0) is 19.3. The third-order valence-corrected chi connectivity index (χ3v) is 4.69. The van der Waals surface area contributed by atoms with Crippen LogP contribution < -0.4 is 9.47 Å². The number of rotatable bonds is 6. The fraction of sp³-hybridized carbons (Fsp3) is 0.217. The number of carbonyl (C=O) groups is 2. The number of ketones is 1. The maximum atomic E-state index is 12.4. The molecule has 0 aliphatic carbocycles. The molecule has 3 aromatic carbocycles. The molecule has 0 spiro atoms. The number of esters is 1. The first-order valence-corrected chi connectivity index (χ1v) is 9.26. The quantitative estimate of drug-likeness (QED) is 0.474. The molecule has 4 rings (SSSR count). The summed E-state index contributed by atoms with van der Waals surface area (Å²) < 4.78 is 16.3. The van der Waals surface area contributed by atoms with Gasteiger partial charge in [0.25, 0.3) is 0 Å². The minimum absolute atomic E-state index is 0.0397. The van der Waals surface area contributed by atoms with Gasteiger partial charge in [-0.25, -0.2) is 0 Å². The third kappa shape index (κ3) is 3.98. The summed E-state index contributed by atoms with van der Waals surface area (Å²) in [7, 11) is 0. The molecule has 0 aromatic heterocycles. The molecule has 142 valence electrons. The monoisotopic (exact) mass is 376 g/mol. The summed E-state index contributed by atoms with van der Waals surface area (Å²) in [4.78, 5) is 24.5. The van der Waals surface area contributed by atoms with E-state index >= 15 is 0 Å². The van der Waals surface area contributed by atoms with Crippen LogP contribution in [-0.4, -0.2) is 25.0 Å². The van der Waals surface area contributed by atoms with Gasteiger partial charge in [0.1, 0.15) is 19.8 Å². The molecule has 1 aliphatic rings. The lowest BCUT2D eigenvalue weighted by molar-refractivity contribution is -0.144. The van der Waals surface area contributed by atoms with Gasteiger partial charge in [0, 0.05) is 12.0 Å². The van der Waals surface area contributed by atoms with E-state index in [0.29, 0.717) is 30.3 Å². The number of carbonyl (C=O) groups excluding carboxylic acids is 2. The van der Waals surface area contributed by atoms with Gasteiger partial charge in [-0.1, -0.05) is 42.5 Å². The van der Waals surface area contributed by atoms with Crippen LogP contribution in [0.15, 0.2) is 60.7 Å². The van der Waals surface area contributed by atoms with E-state index in [1.54, 1.807) is 18.2 Å². The van der Waals surface area contributed by atoms with Gasteiger partial charge < -0.3 is 14.2 Å². The zero-order valence-corrected chi connectivity index (χ0v) is 15.4. The molecule has 0 radical (unpaired) electrons. The van der Waals surface area contributed by atoms with Crippen molar-refractivity contribution >= 4 is 22.5 Å². The highest BCUT2D eigenvalue weighted by Crippen LogP contribution is 2.31. The molecule has 3 aromatic rings. The van der Waals surface area contributed by atoms with E-state index in [1.807, 2.05) is 42.5 Å². The number of Topliss-reactive ketones (excluding diaryl/α,β-unsaturated/α-hetero) is 1. The van der Waals surface area contributed by atoms with Crippen LogP contribution in [0.3, 0.4) is 0 Å². The van der Waals surface area contributed by atoms with Gasteiger partial charge in [0.05, 0.1) is 6.42 Å². The maximum absolute atomic E-state index is 12.4. The molecule has 0 N–H and O–H groups in total. The van der Waals surface area contributed by atoms with Crippen LogP contribution in [0.5, 0.6) is 11.5 Å². The predicted molar refractivity (Wildman–Crippen MR) is 105 cm³/mol. The first-order chi connectivity index (χ1) is 13.7. The van der Waals surface area contributed by atoms with E-state index < -0.39 is 0 Å². The number of hydrogen-bond acceptors (Lipinski definition) is 5. The average molecular weight is 376 g/mol. The van der Waals surface area contributed by atoms with E-state index in [4.69, 9.17) is 14.2 Å². The van der Waals surface area contributed by atoms with Crippen molar-refractivity contribution in [1.82, 2.24) is 0 Å². The largest absolute Gasteiger partial charge is 0.486 e. The SMILES string of the molecule is O=C(CCC(=O)c1ccc2c(c1)OCCO2)OCc1cccc2ccccc12. The van der Waals surface area contributed by atoms with Gasteiger partial charge in [-0.05, 0) is 34.5 Å². The van der Waals surface area contributed by atoms with Crippen LogP contribution in [-0.2, 0) is 16.1 Å². The zero-order valence-electron chi connectivity index (χ0n) is 15.4. The Morgan fingerprint density at radius 1 is 0.857 bits per heavy atom. The van der Waals surface area contributed by atoms with Crippen molar-refractivity contribution in [2.24, 2.45) is 0 Å². The Kier molecular flexibility index (Phi) is 5.24. The summed E-state index contributed by atoms with van der Waals surface area (Å²) in [5.74, 6) is 0.686. The Hall–Kier alpha value is -3.34. The summed E-state index contributed by atoms with van der Waals surface area (Å²) >= 11 is 0.